The van der Waals surface area contributed by atoms with E-state index in [-0.39, 0.29) is 0 Å². The zero-order chi connectivity index (χ0) is 14.0. The maximum absolute atomic E-state index is 9.50. The average molecular weight is 258 g/mol. The predicted molar refractivity (Wildman–Crippen MR) is 76.1 cm³/mol. The van der Waals surface area contributed by atoms with Gasteiger partial charge in [-0.05, 0) is 30.2 Å². The summed E-state index contributed by atoms with van der Waals surface area (Å²) in [7, 11) is 0. The molecule has 0 saturated carbocycles. The number of nitriles is 1. The number of aromatic nitrogens is 2. The summed E-state index contributed by atoms with van der Waals surface area (Å²) in [6.45, 7) is 10.6. The van der Waals surface area contributed by atoms with Crippen LogP contribution in [-0.4, -0.2) is 23.3 Å². The van der Waals surface area contributed by atoms with Gasteiger partial charge in [0.1, 0.15) is 11.6 Å². The lowest BCUT2D eigenvalue weighted by molar-refractivity contribution is 0.418. The standard InChI is InChI=1S/C15H22N4/c1-5-11-12(9-16)14(18-17-13(11)6-2)19-8-7-15(3,4)10-19/h5-8,10H2,1-4H3. The van der Waals surface area contributed by atoms with E-state index >= 15 is 0 Å². The Labute approximate surface area is 115 Å². The first-order valence-electron chi connectivity index (χ1n) is 7.06. The monoisotopic (exact) mass is 258 g/mol. The fourth-order valence-corrected chi connectivity index (χ4v) is 2.79. The Morgan fingerprint density at radius 3 is 2.47 bits per heavy atom. The van der Waals surface area contributed by atoms with Gasteiger partial charge in [0.25, 0.3) is 0 Å². The molecule has 0 N–H and O–H groups in total. The summed E-state index contributed by atoms with van der Waals surface area (Å²) in [6.07, 6.45) is 2.80. The molecule has 2 heterocycles. The van der Waals surface area contributed by atoms with Gasteiger partial charge in [-0.25, -0.2) is 0 Å². The molecule has 19 heavy (non-hydrogen) atoms. The molecule has 1 aromatic rings. The molecule has 1 aliphatic rings. The van der Waals surface area contributed by atoms with E-state index in [1.165, 1.54) is 0 Å². The van der Waals surface area contributed by atoms with Gasteiger partial charge in [-0.2, -0.15) is 10.4 Å². The van der Waals surface area contributed by atoms with Crippen molar-refractivity contribution in [1.82, 2.24) is 10.2 Å². The second-order valence-corrected chi connectivity index (χ2v) is 5.98. The largest absolute Gasteiger partial charge is 0.353 e. The average Bonchev–Trinajstić information content (AvgIpc) is 2.76. The fraction of sp³-hybridized carbons (Fsp3) is 0.667. The second-order valence-electron chi connectivity index (χ2n) is 5.98. The van der Waals surface area contributed by atoms with Gasteiger partial charge in [0.15, 0.2) is 5.82 Å². The molecule has 1 aliphatic heterocycles. The lowest BCUT2D eigenvalue weighted by Crippen LogP contribution is -2.25. The van der Waals surface area contributed by atoms with E-state index in [4.69, 9.17) is 0 Å². The molecular weight excluding hydrogens is 236 g/mol. The lowest BCUT2D eigenvalue weighted by atomic mass is 9.93. The first-order chi connectivity index (χ1) is 9.02. The van der Waals surface area contributed by atoms with Crippen molar-refractivity contribution in [2.75, 3.05) is 18.0 Å². The Balaban J connectivity index is 2.45. The van der Waals surface area contributed by atoms with Crippen molar-refractivity contribution in [3.63, 3.8) is 0 Å². The molecule has 4 nitrogen and oxygen atoms in total. The van der Waals surface area contributed by atoms with Crippen molar-refractivity contribution in [2.24, 2.45) is 5.41 Å². The van der Waals surface area contributed by atoms with Crippen molar-refractivity contribution in [3.8, 4) is 6.07 Å². The topological polar surface area (TPSA) is 52.8 Å². The van der Waals surface area contributed by atoms with Crippen LogP contribution in [0.5, 0.6) is 0 Å². The number of nitrogens with zero attached hydrogens (tertiary/aromatic N) is 4. The van der Waals surface area contributed by atoms with Gasteiger partial charge in [-0.15, -0.1) is 5.10 Å². The third-order valence-corrected chi connectivity index (χ3v) is 3.92. The van der Waals surface area contributed by atoms with Gasteiger partial charge in [0.05, 0.1) is 5.69 Å². The Bertz CT molecular complexity index is 514. The highest BCUT2D eigenvalue weighted by atomic mass is 15.3. The third kappa shape index (κ3) is 2.56. The van der Waals surface area contributed by atoms with Crippen molar-refractivity contribution in [2.45, 2.75) is 47.0 Å². The zero-order valence-electron chi connectivity index (χ0n) is 12.3. The molecule has 2 rings (SSSR count). The molecule has 0 aliphatic carbocycles. The summed E-state index contributed by atoms with van der Waals surface area (Å²) in [5.41, 5.74) is 3.05. The van der Waals surface area contributed by atoms with Crippen LogP contribution in [0.4, 0.5) is 5.82 Å². The molecule has 0 radical (unpaired) electrons. The van der Waals surface area contributed by atoms with E-state index in [0.29, 0.717) is 5.41 Å². The van der Waals surface area contributed by atoms with Crippen LogP contribution in [0, 0.1) is 16.7 Å². The lowest BCUT2D eigenvalue weighted by Gasteiger charge is -2.22. The van der Waals surface area contributed by atoms with E-state index < -0.39 is 0 Å². The van der Waals surface area contributed by atoms with Crippen molar-refractivity contribution < 1.29 is 0 Å². The summed E-state index contributed by atoms with van der Waals surface area (Å²) in [5.74, 6) is 0.780. The van der Waals surface area contributed by atoms with Crippen molar-refractivity contribution in [3.05, 3.63) is 16.8 Å². The van der Waals surface area contributed by atoms with Crippen LogP contribution in [0.1, 0.15) is 50.9 Å². The van der Waals surface area contributed by atoms with Crippen LogP contribution in [0.3, 0.4) is 0 Å². The first-order valence-corrected chi connectivity index (χ1v) is 7.06. The summed E-state index contributed by atoms with van der Waals surface area (Å²) in [4.78, 5) is 2.21. The van der Waals surface area contributed by atoms with E-state index in [1.807, 2.05) is 0 Å². The number of anilines is 1. The van der Waals surface area contributed by atoms with Crippen LogP contribution < -0.4 is 4.90 Å². The minimum absolute atomic E-state index is 0.296. The van der Waals surface area contributed by atoms with E-state index in [9.17, 15) is 5.26 Å². The summed E-state index contributed by atoms with van der Waals surface area (Å²) >= 11 is 0. The molecule has 1 fully saturated rings. The highest BCUT2D eigenvalue weighted by molar-refractivity contribution is 5.58. The second kappa shape index (κ2) is 5.16. The number of aryl methyl sites for hydroxylation is 1. The molecule has 4 heteroatoms. The minimum Gasteiger partial charge on any atom is -0.353 e. The smallest absolute Gasteiger partial charge is 0.169 e. The number of hydrogen-bond acceptors (Lipinski definition) is 4. The van der Waals surface area contributed by atoms with E-state index in [0.717, 1.165) is 55.0 Å². The Hall–Kier alpha value is -1.63. The van der Waals surface area contributed by atoms with E-state index in [2.05, 4.69) is 48.9 Å². The Morgan fingerprint density at radius 1 is 1.26 bits per heavy atom. The van der Waals surface area contributed by atoms with Gasteiger partial charge in [0, 0.05) is 13.1 Å². The molecule has 102 valence electrons. The van der Waals surface area contributed by atoms with Crippen LogP contribution in [0.15, 0.2) is 0 Å². The number of hydrogen-bond donors (Lipinski definition) is 0. The molecule has 0 aromatic carbocycles. The highest BCUT2D eigenvalue weighted by Gasteiger charge is 2.32. The Kier molecular flexibility index (Phi) is 3.75. The molecule has 0 atom stereocenters. The summed E-state index contributed by atoms with van der Waals surface area (Å²) in [5, 5.41) is 18.2. The maximum Gasteiger partial charge on any atom is 0.169 e. The minimum atomic E-state index is 0.296. The van der Waals surface area contributed by atoms with Crippen molar-refractivity contribution >= 4 is 5.82 Å². The van der Waals surface area contributed by atoms with Crippen LogP contribution >= 0.6 is 0 Å². The molecule has 0 unspecified atom stereocenters. The van der Waals surface area contributed by atoms with Gasteiger partial charge >= 0.3 is 0 Å². The maximum atomic E-state index is 9.50. The Morgan fingerprint density at radius 2 is 2.00 bits per heavy atom. The molecular formula is C15H22N4. The van der Waals surface area contributed by atoms with Gasteiger partial charge in [-0.1, -0.05) is 27.7 Å². The van der Waals surface area contributed by atoms with Crippen LogP contribution in [0.25, 0.3) is 0 Å². The van der Waals surface area contributed by atoms with Gasteiger partial charge in [-0.3, -0.25) is 0 Å². The number of rotatable bonds is 3. The molecule has 0 bridgehead atoms. The normalized spacial score (nSPS) is 17.5. The van der Waals surface area contributed by atoms with Crippen LogP contribution in [0.2, 0.25) is 0 Å². The van der Waals surface area contributed by atoms with Crippen LogP contribution in [-0.2, 0) is 12.8 Å². The van der Waals surface area contributed by atoms with Gasteiger partial charge in [0.2, 0.25) is 0 Å². The summed E-state index contributed by atoms with van der Waals surface area (Å²) in [6, 6.07) is 2.35. The highest BCUT2D eigenvalue weighted by Crippen LogP contribution is 2.33. The fourth-order valence-electron chi connectivity index (χ4n) is 2.79. The SMILES string of the molecule is CCc1nnc(N2CCC(C)(C)C2)c(C#N)c1CC. The molecule has 0 amide bonds. The summed E-state index contributed by atoms with van der Waals surface area (Å²) < 4.78 is 0. The zero-order valence-corrected chi connectivity index (χ0v) is 12.3. The molecule has 0 spiro atoms. The molecule has 1 aromatic heterocycles. The first kappa shape index (κ1) is 13.8. The predicted octanol–water partition coefficient (Wildman–Crippen LogP) is 2.71. The van der Waals surface area contributed by atoms with E-state index in [1.54, 1.807) is 0 Å². The quantitative estimate of drug-likeness (QED) is 0.836. The van der Waals surface area contributed by atoms with Crippen molar-refractivity contribution in [1.29, 1.82) is 5.26 Å². The van der Waals surface area contributed by atoms with Gasteiger partial charge < -0.3 is 4.90 Å². The third-order valence-electron chi connectivity index (χ3n) is 3.92. The molecule has 1 saturated heterocycles.